The number of hydrogen-bond acceptors (Lipinski definition) is 3. The topological polar surface area (TPSA) is 35.5 Å². The van der Waals surface area contributed by atoms with E-state index in [4.69, 9.17) is 0 Å². The van der Waals surface area contributed by atoms with Gasteiger partial charge in [-0.15, -0.1) is 0 Å². The van der Waals surface area contributed by atoms with Gasteiger partial charge in [-0.1, -0.05) is 6.07 Å². The lowest BCUT2D eigenvalue weighted by atomic mass is 10.0. The minimum absolute atomic E-state index is 0.285. The van der Waals surface area contributed by atoms with Gasteiger partial charge in [0.15, 0.2) is 0 Å². The van der Waals surface area contributed by atoms with Gasteiger partial charge in [-0.25, -0.2) is 4.39 Å². The minimum atomic E-state index is -4.74. The molecule has 118 valence electrons. The van der Waals surface area contributed by atoms with Crippen LogP contribution in [0.4, 0.5) is 17.6 Å². The van der Waals surface area contributed by atoms with Crippen LogP contribution in [0.2, 0.25) is 0 Å². The number of aliphatic hydroxyl groups excluding tert-OH is 1. The molecule has 1 atom stereocenters. The molecule has 0 bridgehead atoms. The van der Waals surface area contributed by atoms with Crippen LogP contribution in [0.5, 0.6) is 0 Å². The van der Waals surface area contributed by atoms with Crippen molar-refractivity contribution in [3.05, 3.63) is 35.1 Å². The first-order valence-corrected chi connectivity index (χ1v) is 6.85. The van der Waals surface area contributed by atoms with Crippen molar-refractivity contribution in [3.63, 3.8) is 0 Å². The molecule has 2 N–H and O–H groups in total. The first kappa shape index (κ1) is 16.2. The second kappa shape index (κ2) is 6.72. The fourth-order valence-electron chi connectivity index (χ4n) is 2.58. The van der Waals surface area contributed by atoms with Crippen LogP contribution in [0.15, 0.2) is 18.2 Å². The van der Waals surface area contributed by atoms with Crippen LogP contribution < -0.4 is 5.32 Å². The summed E-state index contributed by atoms with van der Waals surface area (Å²) >= 11 is 0. The van der Waals surface area contributed by atoms with E-state index < -0.39 is 23.6 Å². The molecule has 2 rings (SSSR count). The lowest BCUT2D eigenvalue weighted by Gasteiger charge is -2.29. The number of nitrogens with zero attached hydrogens (tertiary/aromatic N) is 1. The van der Waals surface area contributed by atoms with Crippen LogP contribution in [0.25, 0.3) is 0 Å². The molecular formula is C14H18F4N2O. The van der Waals surface area contributed by atoms with Crippen LogP contribution in [-0.4, -0.2) is 42.8 Å². The Morgan fingerprint density at radius 2 is 2.00 bits per heavy atom. The summed E-state index contributed by atoms with van der Waals surface area (Å²) in [6.45, 7) is 2.56. The van der Waals surface area contributed by atoms with E-state index >= 15 is 0 Å². The van der Waals surface area contributed by atoms with Crippen molar-refractivity contribution in [2.24, 2.45) is 0 Å². The zero-order valence-corrected chi connectivity index (χ0v) is 11.5. The predicted octanol–water partition coefficient (Wildman–Crippen LogP) is 2.17. The highest BCUT2D eigenvalue weighted by Gasteiger charge is 2.35. The zero-order chi connectivity index (χ0) is 15.5. The van der Waals surface area contributed by atoms with E-state index in [1.807, 2.05) is 4.90 Å². The first-order valence-electron chi connectivity index (χ1n) is 6.85. The quantitative estimate of drug-likeness (QED) is 0.840. The van der Waals surface area contributed by atoms with Crippen molar-refractivity contribution in [1.82, 2.24) is 10.2 Å². The van der Waals surface area contributed by atoms with Gasteiger partial charge in [-0.05, 0) is 30.7 Å². The smallest absolute Gasteiger partial charge is 0.394 e. The monoisotopic (exact) mass is 306 g/mol. The summed E-state index contributed by atoms with van der Waals surface area (Å²) in [7, 11) is 0. The van der Waals surface area contributed by atoms with Crippen LogP contribution in [0, 0.1) is 5.82 Å². The number of benzene rings is 1. The van der Waals surface area contributed by atoms with Crippen LogP contribution >= 0.6 is 0 Å². The average Bonchev–Trinajstić information content (AvgIpc) is 2.69. The molecule has 7 heteroatoms. The number of halogens is 4. The highest BCUT2D eigenvalue weighted by Crippen LogP contribution is 2.34. The first-order chi connectivity index (χ1) is 9.93. The van der Waals surface area contributed by atoms with Gasteiger partial charge in [-0.2, -0.15) is 13.2 Å². The normalized spacial score (nSPS) is 19.3. The third-order valence-corrected chi connectivity index (χ3v) is 3.67. The third kappa shape index (κ3) is 3.93. The summed E-state index contributed by atoms with van der Waals surface area (Å²) in [4.78, 5) is 1.92. The van der Waals surface area contributed by atoms with Gasteiger partial charge in [0.05, 0.1) is 18.2 Å². The molecular weight excluding hydrogens is 288 g/mol. The van der Waals surface area contributed by atoms with Crippen molar-refractivity contribution < 1.29 is 22.7 Å². The molecule has 3 nitrogen and oxygen atoms in total. The van der Waals surface area contributed by atoms with Crippen LogP contribution in [0.1, 0.15) is 23.6 Å². The zero-order valence-electron chi connectivity index (χ0n) is 11.5. The largest absolute Gasteiger partial charge is 0.419 e. The Balaban J connectivity index is 2.29. The predicted molar refractivity (Wildman–Crippen MR) is 70.3 cm³/mol. The maximum Gasteiger partial charge on any atom is 0.419 e. The summed E-state index contributed by atoms with van der Waals surface area (Å²) in [6.07, 6.45) is -3.88. The second-order valence-electron chi connectivity index (χ2n) is 5.07. The van der Waals surface area contributed by atoms with Gasteiger partial charge < -0.3 is 10.4 Å². The Bertz CT molecular complexity index is 471. The lowest BCUT2D eigenvalue weighted by molar-refractivity contribution is -0.140. The van der Waals surface area contributed by atoms with Crippen LogP contribution in [0.3, 0.4) is 0 Å². The molecule has 0 amide bonds. The summed E-state index contributed by atoms with van der Waals surface area (Å²) in [5.74, 6) is -1.29. The van der Waals surface area contributed by atoms with Crippen molar-refractivity contribution in [3.8, 4) is 0 Å². The molecule has 21 heavy (non-hydrogen) atoms. The van der Waals surface area contributed by atoms with E-state index in [0.29, 0.717) is 19.6 Å². The fourth-order valence-corrected chi connectivity index (χ4v) is 2.58. The van der Waals surface area contributed by atoms with Crippen molar-refractivity contribution in [2.75, 3.05) is 32.8 Å². The second-order valence-corrected chi connectivity index (χ2v) is 5.07. The molecule has 1 unspecified atom stereocenters. The molecule has 1 aliphatic rings. The van der Waals surface area contributed by atoms with E-state index in [1.165, 1.54) is 6.07 Å². The number of hydrogen-bond donors (Lipinski definition) is 2. The van der Waals surface area contributed by atoms with Gasteiger partial charge in [0, 0.05) is 19.6 Å². The summed E-state index contributed by atoms with van der Waals surface area (Å²) < 4.78 is 51.7. The highest BCUT2D eigenvalue weighted by molar-refractivity contribution is 5.29. The maximum absolute atomic E-state index is 13.3. The molecule has 1 fully saturated rings. The molecule has 1 aromatic carbocycles. The highest BCUT2D eigenvalue weighted by atomic mass is 19.4. The number of rotatable bonds is 3. The summed E-state index contributed by atoms with van der Waals surface area (Å²) in [5, 5.41) is 12.7. The maximum atomic E-state index is 13.3. The van der Waals surface area contributed by atoms with E-state index in [-0.39, 0.29) is 12.2 Å². The molecule has 0 spiro atoms. The average molecular weight is 306 g/mol. The molecule has 1 saturated heterocycles. The number of aliphatic hydroxyl groups is 1. The van der Waals surface area contributed by atoms with Gasteiger partial charge in [0.2, 0.25) is 0 Å². The van der Waals surface area contributed by atoms with Gasteiger partial charge >= 0.3 is 6.18 Å². The Morgan fingerprint density at radius 3 is 2.67 bits per heavy atom. The summed E-state index contributed by atoms with van der Waals surface area (Å²) in [6, 6.07) is 2.38. The molecule has 0 saturated carbocycles. The Labute approximate surface area is 120 Å². The van der Waals surface area contributed by atoms with E-state index in [1.54, 1.807) is 0 Å². The van der Waals surface area contributed by atoms with E-state index in [0.717, 1.165) is 25.1 Å². The Morgan fingerprint density at radius 1 is 1.24 bits per heavy atom. The molecule has 0 aliphatic carbocycles. The molecule has 1 aliphatic heterocycles. The molecule has 0 radical (unpaired) electrons. The van der Waals surface area contributed by atoms with E-state index in [2.05, 4.69) is 5.32 Å². The van der Waals surface area contributed by atoms with Gasteiger partial charge in [-0.3, -0.25) is 4.90 Å². The number of alkyl halides is 3. The molecule has 1 heterocycles. The lowest BCUT2D eigenvalue weighted by Crippen LogP contribution is -2.34. The Kier molecular flexibility index (Phi) is 5.18. The Hall–Kier alpha value is -1.18. The third-order valence-electron chi connectivity index (χ3n) is 3.67. The summed E-state index contributed by atoms with van der Waals surface area (Å²) in [5.41, 5.74) is -1.00. The molecule has 1 aromatic rings. The van der Waals surface area contributed by atoms with Crippen molar-refractivity contribution in [1.29, 1.82) is 0 Å². The number of nitrogens with one attached hydrogen (secondary N) is 1. The van der Waals surface area contributed by atoms with Gasteiger partial charge in [0.25, 0.3) is 0 Å². The standard InChI is InChI=1S/C14H18F4N2O/c15-12-3-2-10(8-11(12)14(16,17)18)13(9-21)20-6-1-4-19-5-7-20/h2-3,8,13,19,21H,1,4-7,9H2. The molecule has 0 aromatic heterocycles. The fraction of sp³-hybridized carbons (Fsp3) is 0.571. The van der Waals surface area contributed by atoms with Crippen LogP contribution in [-0.2, 0) is 6.18 Å². The minimum Gasteiger partial charge on any atom is -0.394 e. The van der Waals surface area contributed by atoms with Gasteiger partial charge in [0.1, 0.15) is 5.82 Å². The van der Waals surface area contributed by atoms with Crippen molar-refractivity contribution >= 4 is 0 Å². The van der Waals surface area contributed by atoms with E-state index in [9.17, 15) is 22.7 Å². The SMILES string of the molecule is OCC(c1ccc(F)c(C(F)(F)F)c1)N1CCCNCC1. The van der Waals surface area contributed by atoms with Crippen molar-refractivity contribution in [2.45, 2.75) is 18.6 Å².